The third-order valence-corrected chi connectivity index (χ3v) is 9.80. The second-order valence-electron chi connectivity index (χ2n) is 15.0. The van der Waals surface area contributed by atoms with Gasteiger partial charge in [-0.1, -0.05) is 193 Å². The van der Waals surface area contributed by atoms with Crippen molar-refractivity contribution < 1.29 is 23.8 Å². The van der Waals surface area contributed by atoms with E-state index in [-0.39, 0.29) is 18.5 Å². The Morgan fingerprint density at radius 1 is 0.420 bits per heavy atom. The predicted octanol–water partition coefficient (Wildman–Crippen LogP) is 14.3. The summed E-state index contributed by atoms with van der Waals surface area (Å²) in [5.41, 5.74) is 0. The number of carbonyl (C=O) groups is 2. The number of hydrogen-bond acceptors (Lipinski definition) is 5. The summed E-state index contributed by atoms with van der Waals surface area (Å²) >= 11 is 0. The highest BCUT2D eigenvalue weighted by atomic mass is 16.6. The van der Waals surface area contributed by atoms with E-state index in [4.69, 9.17) is 14.2 Å². The van der Waals surface area contributed by atoms with Crippen molar-refractivity contribution in [3.8, 4) is 0 Å². The van der Waals surface area contributed by atoms with Crippen LogP contribution in [0.25, 0.3) is 0 Å². The zero-order valence-electron chi connectivity index (χ0n) is 33.9. The van der Waals surface area contributed by atoms with Gasteiger partial charge in [-0.2, -0.15) is 0 Å². The van der Waals surface area contributed by atoms with Gasteiger partial charge in [0.2, 0.25) is 0 Å². The Morgan fingerprint density at radius 2 is 0.780 bits per heavy atom. The van der Waals surface area contributed by atoms with Crippen LogP contribution in [-0.4, -0.2) is 37.9 Å². The fourth-order valence-electron chi connectivity index (χ4n) is 6.45. The predicted molar refractivity (Wildman–Crippen MR) is 215 cm³/mol. The molecule has 0 N–H and O–H groups in total. The van der Waals surface area contributed by atoms with E-state index in [0.29, 0.717) is 26.1 Å². The van der Waals surface area contributed by atoms with Crippen LogP contribution in [0.15, 0.2) is 12.2 Å². The van der Waals surface area contributed by atoms with Gasteiger partial charge in [0.15, 0.2) is 6.10 Å². The molecule has 0 bridgehead atoms. The molecule has 50 heavy (non-hydrogen) atoms. The first-order valence-corrected chi connectivity index (χ1v) is 22.2. The van der Waals surface area contributed by atoms with Crippen molar-refractivity contribution >= 4 is 11.9 Å². The smallest absolute Gasteiger partial charge is 0.306 e. The van der Waals surface area contributed by atoms with Crippen LogP contribution in [0.3, 0.4) is 0 Å². The first kappa shape index (κ1) is 48.6. The van der Waals surface area contributed by atoms with E-state index in [1.54, 1.807) is 0 Å². The minimum Gasteiger partial charge on any atom is -0.462 e. The van der Waals surface area contributed by atoms with E-state index in [2.05, 4.69) is 32.9 Å². The molecule has 0 rings (SSSR count). The van der Waals surface area contributed by atoms with Crippen LogP contribution in [0.2, 0.25) is 0 Å². The quantitative estimate of drug-likeness (QED) is 0.0360. The highest BCUT2D eigenvalue weighted by molar-refractivity contribution is 5.70. The van der Waals surface area contributed by atoms with Gasteiger partial charge in [0.05, 0.1) is 6.61 Å². The van der Waals surface area contributed by atoms with Crippen molar-refractivity contribution in [2.24, 2.45) is 0 Å². The van der Waals surface area contributed by atoms with Crippen LogP contribution in [0.5, 0.6) is 0 Å². The van der Waals surface area contributed by atoms with Gasteiger partial charge in [0.1, 0.15) is 6.61 Å². The van der Waals surface area contributed by atoms with E-state index in [0.717, 1.165) is 38.5 Å². The third-order valence-electron chi connectivity index (χ3n) is 9.80. The summed E-state index contributed by atoms with van der Waals surface area (Å²) in [6.45, 7) is 7.81. The van der Waals surface area contributed by atoms with Gasteiger partial charge in [0.25, 0.3) is 0 Å². The van der Waals surface area contributed by atoms with Crippen molar-refractivity contribution in [2.75, 3.05) is 19.8 Å². The standard InChI is InChI=1S/C45H86O5/c1-4-7-10-13-16-19-20-21-22-23-24-25-28-31-34-37-40-48-41-43(50-45(47)39-36-33-30-27-18-15-12-9-6-3)42-49-44(46)38-35-32-29-26-17-14-11-8-5-2/h21-22,43H,4-20,23-42H2,1-3H3/b22-21-. The molecule has 0 aromatic carbocycles. The van der Waals surface area contributed by atoms with Crippen LogP contribution in [-0.2, 0) is 23.8 Å². The van der Waals surface area contributed by atoms with Crippen LogP contribution in [0, 0.1) is 0 Å². The number of carbonyl (C=O) groups excluding carboxylic acids is 2. The van der Waals surface area contributed by atoms with Crippen LogP contribution in [0.4, 0.5) is 0 Å². The molecule has 5 heteroatoms. The highest BCUT2D eigenvalue weighted by Crippen LogP contribution is 2.14. The fraction of sp³-hybridized carbons (Fsp3) is 0.911. The number of esters is 2. The molecular weight excluding hydrogens is 620 g/mol. The summed E-state index contributed by atoms with van der Waals surface area (Å²) in [7, 11) is 0. The van der Waals surface area contributed by atoms with Gasteiger partial charge in [-0.15, -0.1) is 0 Å². The Labute approximate surface area is 312 Å². The largest absolute Gasteiger partial charge is 0.462 e. The lowest BCUT2D eigenvalue weighted by Crippen LogP contribution is -2.30. The van der Waals surface area contributed by atoms with Crippen molar-refractivity contribution in [3.63, 3.8) is 0 Å². The third kappa shape index (κ3) is 39.4. The highest BCUT2D eigenvalue weighted by Gasteiger charge is 2.17. The number of allylic oxidation sites excluding steroid dienone is 2. The zero-order chi connectivity index (χ0) is 36.4. The molecule has 5 nitrogen and oxygen atoms in total. The average molecular weight is 707 g/mol. The lowest BCUT2D eigenvalue weighted by molar-refractivity contribution is -0.163. The van der Waals surface area contributed by atoms with Gasteiger partial charge in [0, 0.05) is 19.4 Å². The SMILES string of the molecule is CCCCCCCC/C=C\CCCCCCCCOCC(COC(=O)CCCCCCCCCCC)OC(=O)CCCCCCCCCCC. The molecule has 0 saturated heterocycles. The molecular formula is C45H86O5. The van der Waals surface area contributed by atoms with Gasteiger partial charge >= 0.3 is 11.9 Å². The Balaban J connectivity index is 4.16. The second kappa shape index (κ2) is 42.1. The number of unbranched alkanes of at least 4 members (excludes halogenated alkanes) is 28. The van der Waals surface area contributed by atoms with Gasteiger partial charge in [-0.25, -0.2) is 0 Å². The topological polar surface area (TPSA) is 61.8 Å². The lowest BCUT2D eigenvalue weighted by Gasteiger charge is -2.18. The van der Waals surface area contributed by atoms with Crippen LogP contribution >= 0.6 is 0 Å². The molecule has 1 unspecified atom stereocenters. The summed E-state index contributed by atoms with van der Waals surface area (Å²) in [5.74, 6) is -0.394. The molecule has 0 aliphatic heterocycles. The molecule has 0 spiro atoms. The Bertz CT molecular complexity index is 720. The lowest BCUT2D eigenvalue weighted by atomic mass is 10.1. The van der Waals surface area contributed by atoms with Crippen LogP contribution < -0.4 is 0 Å². The van der Waals surface area contributed by atoms with E-state index in [1.165, 1.54) is 167 Å². The van der Waals surface area contributed by atoms with Gasteiger partial charge in [-0.05, 0) is 44.9 Å². The summed E-state index contributed by atoms with van der Waals surface area (Å²) in [5, 5.41) is 0. The minimum absolute atomic E-state index is 0.0904. The zero-order valence-corrected chi connectivity index (χ0v) is 33.9. The number of rotatable bonds is 41. The molecule has 0 aliphatic rings. The minimum atomic E-state index is -0.526. The molecule has 0 aliphatic carbocycles. The van der Waals surface area contributed by atoms with Gasteiger partial charge < -0.3 is 14.2 Å². The van der Waals surface area contributed by atoms with Crippen molar-refractivity contribution in [3.05, 3.63) is 12.2 Å². The van der Waals surface area contributed by atoms with Crippen molar-refractivity contribution in [1.82, 2.24) is 0 Å². The van der Waals surface area contributed by atoms with E-state index < -0.39 is 6.10 Å². The molecule has 1 atom stereocenters. The molecule has 0 amide bonds. The summed E-state index contributed by atoms with van der Waals surface area (Å²) < 4.78 is 17.2. The first-order chi connectivity index (χ1) is 24.6. The molecule has 0 saturated carbocycles. The van der Waals surface area contributed by atoms with Gasteiger partial charge in [-0.3, -0.25) is 9.59 Å². The Kier molecular flexibility index (Phi) is 40.9. The summed E-state index contributed by atoms with van der Waals surface area (Å²) in [4.78, 5) is 25.1. The molecule has 0 fully saturated rings. The number of ether oxygens (including phenoxy) is 3. The molecule has 296 valence electrons. The molecule has 0 aromatic rings. The maximum absolute atomic E-state index is 12.6. The van der Waals surface area contributed by atoms with E-state index in [9.17, 15) is 9.59 Å². The Hall–Kier alpha value is -1.36. The first-order valence-electron chi connectivity index (χ1n) is 22.2. The maximum atomic E-state index is 12.6. The average Bonchev–Trinajstić information content (AvgIpc) is 3.11. The van der Waals surface area contributed by atoms with E-state index in [1.807, 2.05) is 0 Å². The van der Waals surface area contributed by atoms with E-state index >= 15 is 0 Å². The summed E-state index contributed by atoms with van der Waals surface area (Å²) in [6.07, 6.45) is 44.9. The molecule has 0 heterocycles. The van der Waals surface area contributed by atoms with Crippen molar-refractivity contribution in [2.45, 2.75) is 245 Å². The normalized spacial score (nSPS) is 12.1. The van der Waals surface area contributed by atoms with Crippen molar-refractivity contribution in [1.29, 1.82) is 0 Å². The molecule has 0 aromatic heterocycles. The fourth-order valence-corrected chi connectivity index (χ4v) is 6.45. The summed E-state index contributed by atoms with van der Waals surface area (Å²) in [6, 6.07) is 0. The Morgan fingerprint density at radius 3 is 1.22 bits per heavy atom. The monoisotopic (exact) mass is 707 g/mol. The molecule has 0 radical (unpaired) electrons. The number of hydrogen-bond donors (Lipinski definition) is 0. The maximum Gasteiger partial charge on any atom is 0.306 e. The van der Waals surface area contributed by atoms with Crippen LogP contribution in [0.1, 0.15) is 239 Å². The second-order valence-corrected chi connectivity index (χ2v) is 15.0.